The fourth-order valence-electron chi connectivity index (χ4n) is 6.54. The molecule has 8 nitrogen and oxygen atoms in total. The number of amides is 2. The molecule has 192 valence electrons. The number of likely N-dealkylation sites (tertiary alicyclic amines) is 1. The van der Waals surface area contributed by atoms with Gasteiger partial charge in [-0.05, 0) is 50.7 Å². The lowest BCUT2D eigenvalue weighted by Gasteiger charge is -2.37. The predicted octanol–water partition coefficient (Wildman–Crippen LogP) is 3.26. The summed E-state index contributed by atoms with van der Waals surface area (Å²) in [6, 6.07) is 5.24. The summed E-state index contributed by atoms with van der Waals surface area (Å²) < 4.78 is 12.0. The molecule has 9 heteroatoms. The van der Waals surface area contributed by atoms with Crippen molar-refractivity contribution in [1.82, 2.24) is 4.90 Å². The van der Waals surface area contributed by atoms with E-state index >= 15 is 0 Å². The van der Waals surface area contributed by atoms with E-state index in [0.29, 0.717) is 23.6 Å². The van der Waals surface area contributed by atoms with Crippen LogP contribution in [0.4, 0.5) is 5.69 Å². The van der Waals surface area contributed by atoms with Crippen LogP contribution < -0.4 is 5.32 Å². The molecule has 2 amide bonds. The van der Waals surface area contributed by atoms with Crippen molar-refractivity contribution in [2.75, 3.05) is 18.5 Å². The normalized spacial score (nSPS) is 34.3. The van der Waals surface area contributed by atoms with E-state index in [1.807, 2.05) is 27.7 Å². The molecule has 4 rings (SSSR count). The Morgan fingerprint density at radius 1 is 1.34 bits per heavy atom. The molecule has 0 radical (unpaired) electrons. The maximum absolute atomic E-state index is 14.1. The lowest BCUT2D eigenvalue weighted by atomic mass is 9.62. The molecule has 3 unspecified atom stereocenters. The number of halogens is 1. The van der Waals surface area contributed by atoms with Crippen molar-refractivity contribution in [2.45, 2.75) is 70.7 Å². The van der Waals surface area contributed by atoms with Crippen LogP contribution in [0, 0.1) is 23.7 Å². The van der Waals surface area contributed by atoms with E-state index in [0.717, 1.165) is 0 Å². The monoisotopic (exact) mass is 506 g/mol. The Hall–Kier alpha value is -2.16. The zero-order valence-corrected chi connectivity index (χ0v) is 21.7. The molecule has 3 fully saturated rings. The Bertz CT molecular complexity index is 1020. The van der Waals surface area contributed by atoms with Gasteiger partial charge in [-0.1, -0.05) is 44.5 Å². The third-order valence-electron chi connectivity index (χ3n) is 8.02. The Kier molecular flexibility index (Phi) is 6.94. The number of ether oxygens (including phenoxy) is 2. The van der Waals surface area contributed by atoms with Gasteiger partial charge in [0.15, 0.2) is 0 Å². The summed E-state index contributed by atoms with van der Waals surface area (Å²) in [5.41, 5.74) is -1.73. The first-order valence-electron chi connectivity index (χ1n) is 12.4. The SMILES string of the molecule is CCOC(=O)[C@H]1[C@H]2C(=O)N([C@@H](CO)CC(C)C)C(C(=O)Nc3ccccc3Cl)C23CC(C)[C@]1(C)O3. The topological polar surface area (TPSA) is 105 Å². The number of hydrogen-bond acceptors (Lipinski definition) is 6. The highest BCUT2D eigenvalue weighted by Crippen LogP contribution is 2.65. The van der Waals surface area contributed by atoms with Crippen LogP contribution in [0.5, 0.6) is 0 Å². The van der Waals surface area contributed by atoms with E-state index in [-0.39, 0.29) is 31.0 Å². The molecule has 2 N–H and O–H groups in total. The number of anilines is 1. The lowest BCUT2D eigenvalue weighted by molar-refractivity contribution is -0.162. The van der Waals surface area contributed by atoms with Crippen LogP contribution in [0.15, 0.2) is 24.3 Å². The number of aliphatic hydroxyl groups is 1. The average molecular weight is 507 g/mol. The molecule has 1 aromatic carbocycles. The standard InChI is InChI=1S/C26H35ClN2O6/c1-6-34-24(33)20-19-23(32)29(16(13-30)11-14(2)3)21(26(19)12-15(4)25(20,5)35-26)22(31)28-18-10-8-7-9-17(18)27/h7-10,14-16,19-21,30H,6,11-13H2,1-5H3,(H,28,31)/t15?,16-,19+,20-,21?,25+,26?/m1/s1. The van der Waals surface area contributed by atoms with Crippen molar-refractivity contribution in [2.24, 2.45) is 23.7 Å². The minimum Gasteiger partial charge on any atom is -0.466 e. The van der Waals surface area contributed by atoms with Gasteiger partial charge >= 0.3 is 5.97 Å². The number of carbonyl (C=O) groups excluding carboxylic acids is 3. The van der Waals surface area contributed by atoms with Crippen LogP contribution in [-0.2, 0) is 23.9 Å². The van der Waals surface area contributed by atoms with Gasteiger partial charge in [0, 0.05) is 0 Å². The summed E-state index contributed by atoms with van der Waals surface area (Å²) in [5.74, 6) is -2.91. The molecule has 2 bridgehead atoms. The predicted molar refractivity (Wildman–Crippen MR) is 131 cm³/mol. The molecular weight excluding hydrogens is 472 g/mol. The number of benzene rings is 1. The number of para-hydroxylation sites is 1. The van der Waals surface area contributed by atoms with Gasteiger partial charge in [-0.3, -0.25) is 14.4 Å². The molecule has 3 heterocycles. The first kappa shape index (κ1) is 25.9. The molecule has 3 saturated heterocycles. The van der Waals surface area contributed by atoms with E-state index in [4.69, 9.17) is 21.1 Å². The third kappa shape index (κ3) is 3.94. The first-order chi connectivity index (χ1) is 16.5. The Balaban J connectivity index is 1.82. The van der Waals surface area contributed by atoms with Crippen molar-refractivity contribution >= 4 is 35.1 Å². The minimum atomic E-state index is -1.21. The fraction of sp³-hybridized carbons (Fsp3) is 0.654. The number of rotatable bonds is 8. The van der Waals surface area contributed by atoms with Crippen LogP contribution in [-0.4, -0.2) is 64.3 Å². The summed E-state index contributed by atoms with van der Waals surface area (Å²) >= 11 is 6.30. The van der Waals surface area contributed by atoms with Crippen molar-refractivity contribution in [3.8, 4) is 0 Å². The van der Waals surface area contributed by atoms with Gasteiger partial charge in [0.1, 0.15) is 17.6 Å². The van der Waals surface area contributed by atoms with Crippen molar-refractivity contribution in [1.29, 1.82) is 0 Å². The van der Waals surface area contributed by atoms with Crippen LogP contribution in [0.3, 0.4) is 0 Å². The van der Waals surface area contributed by atoms with E-state index in [9.17, 15) is 19.5 Å². The molecule has 0 saturated carbocycles. The molecule has 3 aliphatic rings. The summed E-state index contributed by atoms with van der Waals surface area (Å²) in [7, 11) is 0. The van der Waals surface area contributed by atoms with Gasteiger partial charge in [0.25, 0.3) is 0 Å². The average Bonchev–Trinajstić information content (AvgIpc) is 3.30. The maximum atomic E-state index is 14.1. The number of hydrogen-bond donors (Lipinski definition) is 2. The number of fused-ring (bicyclic) bond motifs is 1. The zero-order valence-electron chi connectivity index (χ0n) is 20.9. The van der Waals surface area contributed by atoms with Gasteiger partial charge in [0.05, 0.1) is 41.5 Å². The summed E-state index contributed by atoms with van der Waals surface area (Å²) in [5, 5.41) is 13.5. The number of nitrogens with zero attached hydrogens (tertiary/aromatic N) is 1. The molecule has 35 heavy (non-hydrogen) atoms. The molecule has 0 aliphatic carbocycles. The highest BCUT2D eigenvalue weighted by atomic mass is 35.5. The smallest absolute Gasteiger partial charge is 0.312 e. The van der Waals surface area contributed by atoms with Crippen LogP contribution in [0.2, 0.25) is 5.02 Å². The maximum Gasteiger partial charge on any atom is 0.312 e. The van der Waals surface area contributed by atoms with Crippen molar-refractivity contribution in [3.05, 3.63) is 29.3 Å². The van der Waals surface area contributed by atoms with Gasteiger partial charge in [0.2, 0.25) is 11.8 Å². The van der Waals surface area contributed by atoms with Gasteiger partial charge < -0.3 is 24.8 Å². The third-order valence-corrected chi connectivity index (χ3v) is 8.35. The number of nitrogens with one attached hydrogen (secondary N) is 1. The second kappa shape index (κ2) is 9.37. The highest BCUT2D eigenvalue weighted by Gasteiger charge is 2.80. The highest BCUT2D eigenvalue weighted by molar-refractivity contribution is 6.33. The first-order valence-corrected chi connectivity index (χ1v) is 12.7. The summed E-state index contributed by atoms with van der Waals surface area (Å²) in [4.78, 5) is 42.6. The number of esters is 1. The second-order valence-corrected chi connectivity index (χ2v) is 11.0. The number of aliphatic hydroxyl groups excluding tert-OH is 1. The van der Waals surface area contributed by atoms with Crippen LogP contribution >= 0.6 is 11.6 Å². The number of carbonyl (C=O) groups is 3. The molecule has 3 aliphatic heterocycles. The van der Waals surface area contributed by atoms with Crippen molar-refractivity contribution in [3.63, 3.8) is 0 Å². The second-order valence-electron chi connectivity index (χ2n) is 10.6. The Morgan fingerprint density at radius 2 is 2.03 bits per heavy atom. The Morgan fingerprint density at radius 3 is 2.63 bits per heavy atom. The molecular formula is C26H35ClN2O6. The largest absolute Gasteiger partial charge is 0.466 e. The van der Waals surface area contributed by atoms with Crippen molar-refractivity contribution < 1.29 is 29.0 Å². The summed E-state index contributed by atoms with van der Waals surface area (Å²) in [6.45, 7) is 9.40. The molecule has 1 spiro atoms. The van der Waals surface area contributed by atoms with E-state index in [1.54, 1.807) is 31.2 Å². The Labute approximate surface area is 211 Å². The van der Waals surface area contributed by atoms with Gasteiger partial charge in [-0.25, -0.2) is 0 Å². The minimum absolute atomic E-state index is 0.0887. The van der Waals surface area contributed by atoms with Crippen LogP contribution in [0.1, 0.15) is 47.5 Å². The molecule has 1 aromatic rings. The van der Waals surface area contributed by atoms with Gasteiger partial charge in [-0.15, -0.1) is 0 Å². The van der Waals surface area contributed by atoms with Crippen LogP contribution in [0.25, 0.3) is 0 Å². The molecule has 0 aromatic heterocycles. The van der Waals surface area contributed by atoms with E-state index < -0.39 is 47.0 Å². The zero-order chi connectivity index (χ0) is 25.7. The fourth-order valence-corrected chi connectivity index (χ4v) is 6.73. The molecule has 7 atom stereocenters. The van der Waals surface area contributed by atoms with E-state index in [1.165, 1.54) is 4.90 Å². The quantitative estimate of drug-likeness (QED) is 0.524. The van der Waals surface area contributed by atoms with Gasteiger partial charge in [-0.2, -0.15) is 0 Å². The van der Waals surface area contributed by atoms with E-state index in [2.05, 4.69) is 5.32 Å². The summed E-state index contributed by atoms with van der Waals surface area (Å²) in [6.07, 6.45) is 0.935. The lowest BCUT2D eigenvalue weighted by Crippen LogP contribution is -2.56.